The largest absolute Gasteiger partial charge is 0.480 e. The molecule has 1 atom stereocenters. The first-order valence-corrected chi connectivity index (χ1v) is 13.7. The molecule has 6 heteroatoms. The number of benzene rings is 3. The van der Waals surface area contributed by atoms with E-state index in [-0.39, 0.29) is 6.03 Å². The SMILES string of the molecule is CCCCCCCNC(=O)N(C)c1cccc(-c2ccc(C[C@H](NCCc3ccccc3)C(=O)O)cc2)c1. The summed E-state index contributed by atoms with van der Waals surface area (Å²) in [4.78, 5) is 26.1. The molecule has 3 N–H and O–H groups in total. The first-order chi connectivity index (χ1) is 18.5. The van der Waals surface area contributed by atoms with Crippen LogP contribution in [0.25, 0.3) is 11.1 Å². The summed E-state index contributed by atoms with van der Waals surface area (Å²) in [6, 6.07) is 25.2. The first kappa shape index (κ1) is 28.9. The van der Waals surface area contributed by atoms with Gasteiger partial charge in [0.25, 0.3) is 0 Å². The topological polar surface area (TPSA) is 81.7 Å². The van der Waals surface area contributed by atoms with Gasteiger partial charge in [0.05, 0.1) is 0 Å². The maximum atomic E-state index is 12.6. The zero-order valence-corrected chi connectivity index (χ0v) is 22.7. The molecule has 2 amide bonds. The molecule has 0 radical (unpaired) electrons. The number of hydrogen-bond donors (Lipinski definition) is 3. The van der Waals surface area contributed by atoms with Crippen LogP contribution in [-0.2, 0) is 17.6 Å². The Morgan fingerprint density at radius 1 is 0.816 bits per heavy atom. The molecule has 0 saturated carbocycles. The third-order valence-electron chi connectivity index (χ3n) is 6.77. The van der Waals surface area contributed by atoms with E-state index in [4.69, 9.17) is 0 Å². The Balaban J connectivity index is 1.54. The number of hydrogen-bond acceptors (Lipinski definition) is 3. The van der Waals surface area contributed by atoms with Crippen LogP contribution in [0.1, 0.15) is 50.2 Å². The highest BCUT2D eigenvalue weighted by atomic mass is 16.4. The number of carboxylic acids is 1. The normalized spacial score (nSPS) is 11.6. The van der Waals surface area contributed by atoms with Crippen LogP contribution in [-0.4, -0.2) is 43.3 Å². The number of carbonyl (C=O) groups excluding carboxylic acids is 1. The number of nitrogens with zero attached hydrogens (tertiary/aromatic N) is 1. The van der Waals surface area contributed by atoms with E-state index in [1.165, 1.54) is 24.8 Å². The molecule has 0 aliphatic carbocycles. The molecule has 0 aliphatic heterocycles. The van der Waals surface area contributed by atoms with Crippen LogP contribution < -0.4 is 15.5 Å². The van der Waals surface area contributed by atoms with Crippen molar-refractivity contribution in [3.05, 3.63) is 90.0 Å². The van der Waals surface area contributed by atoms with Crippen molar-refractivity contribution in [2.24, 2.45) is 0 Å². The Labute approximate surface area is 227 Å². The molecule has 6 nitrogen and oxygen atoms in total. The number of carbonyl (C=O) groups is 2. The average molecular weight is 516 g/mol. The van der Waals surface area contributed by atoms with E-state index < -0.39 is 12.0 Å². The van der Waals surface area contributed by atoms with Crippen molar-refractivity contribution in [2.45, 2.75) is 57.9 Å². The molecule has 0 fully saturated rings. The summed E-state index contributed by atoms with van der Waals surface area (Å²) in [5, 5.41) is 15.9. The van der Waals surface area contributed by atoms with E-state index in [0.717, 1.165) is 41.6 Å². The molecule has 3 aromatic rings. The Hall–Kier alpha value is -3.64. The molecule has 0 saturated heterocycles. The zero-order valence-electron chi connectivity index (χ0n) is 22.7. The quantitative estimate of drug-likeness (QED) is 0.208. The first-order valence-electron chi connectivity index (χ1n) is 13.7. The van der Waals surface area contributed by atoms with Crippen LogP contribution in [0.4, 0.5) is 10.5 Å². The van der Waals surface area contributed by atoms with Gasteiger partial charge in [-0.15, -0.1) is 0 Å². The molecule has 0 aliphatic rings. The lowest BCUT2D eigenvalue weighted by Crippen LogP contribution is -2.39. The maximum Gasteiger partial charge on any atom is 0.321 e. The molecule has 202 valence electrons. The highest BCUT2D eigenvalue weighted by Crippen LogP contribution is 2.25. The number of nitrogens with one attached hydrogen (secondary N) is 2. The van der Waals surface area contributed by atoms with Gasteiger partial charge in [-0.25, -0.2) is 4.79 Å². The molecular formula is C32H41N3O3. The Morgan fingerprint density at radius 3 is 2.26 bits per heavy atom. The van der Waals surface area contributed by atoms with Crippen LogP contribution in [0.15, 0.2) is 78.9 Å². The number of unbranched alkanes of at least 4 members (excludes halogenated alkanes) is 4. The van der Waals surface area contributed by atoms with E-state index in [1.54, 1.807) is 11.9 Å². The van der Waals surface area contributed by atoms with Gasteiger partial charge in [0.2, 0.25) is 0 Å². The third kappa shape index (κ3) is 9.34. The van der Waals surface area contributed by atoms with Gasteiger partial charge in [0.15, 0.2) is 0 Å². The van der Waals surface area contributed by atoms with Gasteiger partial charge in [-0.2, -0.15) is 0 Å². The van der Waals surface area contributed by atoms with Gasteiger partial charge in [0.1, 0.15) is 6.04 Å². The number of rotatable bonds is 15. The molecule has 0 heterocycles. The fourth-order valence-corrected chi connectivity index (χ4v) is 4.41. The minimum Gasteiger partial charge on any atom is -0.480 e. The van der Waals surface area contributed by atoms with Gasteiger partial charge in [0, 0.05) is 19.3 Å². The van der Waals surface area contributed by atoms with Crippen molar-refractivity contribution in [2.75, 3.05) is 25.0 Å². The van der Waals surface area contributed by atoms with Crippen LogP contribution in [0.5, 0.6) is 0 Å². The Morgan fingerprint density at radius 2 is 1.55 bits per heavy atom. The maximum absolute atomic E-state index is 12.6. The van der Waals surface area contributed by atoms with Crippen molar-refractivity contribution in [3.8, 4) is 11.1 Å². The molecule has 3 aromatic carbocycles. The monoisotopic (exact) mass is 515 g/mol. The zero-order chi connectivity index (χ0) is 27.2. The third-order valence-corrected chi connectivity index (χ3v) is 6.77. The van der Waals surface area contributed by atoms with Gasteiger partial charge in [-0.05, 0) is 60.2 Å². The number of carboxylic acid groups (broad SMARTS) is 1. The fourth-order valence-electron chi connectivity index (χ4n) is 4.41. The molecular weight excluding hydrogens is 474 g/mol. The smallest absolute Gasteiger partial charge is 0.321 e. The Bertz CT molecular complexity index is 1130. The van der Waals surface area contributed by atoms with Gasteiger partial charge >= 0.3 is 12.0 Å². The number of urea groups is 1. The predicted octanol–water partition coefficient (Wildman–Crippen LogP) is 6.30. The van der Waals surface area contributed by atoms with Crippen molar-refractivity contribution < 1.29 is 14.7 Å². The van der Waals surface area contributed by atoms with Crippen LogP contribution in [0, 0.1) is 0 Å². The highest BCUT2D eigenvalue weighted by molar-refractivity contribution is 5.92. The highest BCUT2D eigenvalue weighted by Gasteiger charge is 2.17. The standard InChI is InChI=1S/C32H41N3O3/c1-3-4-5-6-10-21-34-32(38)35(2)29-15-11-14-28(24-29)27-18-16-26(17-19-27)23-30(31(36)37)33-22-20-25-12-8-7-9-13-25/h7-9,11-19,24,30,33H,3-6,10,20-23H2,1-2H3,(H,34,38)(H,36,37)/t30-/m0/s1. The predicted molar refractivity (Wildman–Crippen MR) is 156 cm³/mol. The van der Waals surface area contributed by atoms with Crippen molar-refractivity contribution in [1.82, 2.24) is 10.6 Å². The molecule has 0 spiro atoms. The molecule has 0 bridgehead atoms. The van der Waals surface area contributed by atoms with Crippen molar-refractivity contribution in [1.29, 1.82) is 0 Å². The second-order valence-corrected chi connectivity index (χ2v) is 9.74. The summed E-state index contributed by atoms with van der Waals surface area (Å²) in [5.74, 6) is -0.850. The van der Waals surface area contributed by atoms with Crippen LogP contribution >= 0.6 is 0 Å². The van der Waals surface area contributed by atoms with Gasteiger partial charge in [-0.1, -0.05) is 99.3 Å². The minimum absolute atomic E-state index is 0.104. The van der Waals surface area contributed by atoms with Crippen LogP contribution in [0.2, 0.25) is 0 Å². The average Bonchev–Trinajstić information content (AvgIpc) is 2.94. The van der Waals surface area contributed by atoms with Crippen molar-refractivity contribution in [3.63, 3.8) is 0 Å². The van der Waals surface area contributed by atoms with Crippen LogP contribution in [0.3, 0.4) is 0 Å². The lowest BCUT2D eigenvalue weighted by molar-refractivity contribution is -0.139. The minimum atomic E-state index is -0.850. The van der Waals surface area contributed by atoms with E-state index in [9.17, 15) is 14.7 Å². The Kier molecular flexibility index (Phi) is 11.9. The summed E-state index contributed by atoms with van der Waals surface area (Å²) in [6.07, 6.45) is 7.00. The summed E-state index contributed by atoms with van der Waals surface area (Å²) < 4.78 is 0. The molecule has 0 unspecified atom stereocenters. The van der Waals surface area contributed by atoms with E-state index >= 15 is 0 Å². The van der Waals surface area contributed by atoms with Gasteiger partial charge in [-0.3, -0.25) is 9.69 Å². The molecule has 3 rings (SSSR count). The molecule has 0 aromatic heterocycles. The lowest BCUT2D eigenvalue weighted by Gasteiger charge is -2.19. The summed E-state index contributed by atoms with van der Waals surface area (Å²) in [5.41, 5.74) is 4.98. The number of anilines is 1. The second kappa shape index (κ2) is 15.6. The van der Waals surface area contributed by atoms with Crippen molar-refractivity contribution >= 4 is 17.7 Å². The van der Waals surface area contributed by atoms with E-state index in [0.29, 0.717) is 19.5 Å². The van der Waals surface area contributed by atoms with Gasteiger partial charge < -0.3 is 15.7 Å². The summed E-state index contributed by atoms with van der Waals surface area (Å²) in [7, 11) is 1.78. The lowest BCUT2D eigenvalue weighted by atomic mass is 10.00. The molecule has 38 heavy (non-hydrogen) atoms. The summed E-state index contributed by atoms with van der Waals surface area (Å²) >= 11 is 0. The fraction of sp³-hybridized carbons (Fsp3) is 0.375. The summed E-state index contributed by atoms with van der Waals surface area (Å²) in [6.45, 7) is 3.49. The number of aliphatic carboxylic acids is 1. The van der Waals surface area contributed by atoms with E-state index in [1.807, 2.05) is 78.9 Å². The second-order valence-electron chi connectivity index (χ2n) is 9.74. The van der Waals surface area contributed by atoms with E-state index in [2.05, 4.69) is 17.6 Å². The number of amides is 2.